The van der Waals surface area contributed by atoms with Crippen LogP contribution in [0.4, 0.5) is 0 Å². The van der Waals surface area contributed by atoms with Crippen molar-refractivity contribution in [3.8, 4) is 0 Å². The monoisotopic (exact) mass is 166 g/mol. The minimum absolute atomic E-state index is 0.0744. The van der Waals surface area contributed by atoms with E-state index in [0.717, 1.165) is 18.5 Å². The molecule has 66 valence electrons. The lowest BCUT2D eigenvalue weighted by Crippen LogP contribution is -2.26. The third-order valence-electron chi connectivity index (χ3n) is 2.60. The molecule has 1 fully saturated rings. The smallest absolute Gasteiger partial charge is 0.0628 e. The highest BCUT2D eigenvalue weighted by Crippen LogP contribution is 2.37. The molecule has 12 heavy (non-hydrogen) atoms. The van der Waals surface area contributed by atoms with E-state index in [1.54, 1.807) is 0 Å². The Balaban J connectivity index is 2.17. The summed E-state index contributed by atoms with van der Waals surface area (Å²) >= 11 is 0. The van der Waals surface area contributed by atoms with Crippen LogP contribution in [0.15, 0.2) is 6.20 Å². The molecule has 0 unspecified atom stereocenters. The molecular weight excluding hydrogens is 152 g/mol. The largest absolute Gasteiger partial charge is 0.393 e. The van der Waals surface area contributed by atoms with E-state index in [2.05, 4.69) is 11.3 Å². The highest BCUT2D eigenvalue weighted by Gasteiger charge is 2.30. The molecule has 2 rings (SSSR count). The molecule has 3 heteroatoms. The highest BCUT2D eigenvalue weighted by atomic mass is 16.3. The Morgan fingerprint density at radius 1 is 1.58 bits per heavy atom. The van der Waals surface area contributed by atoms with Gasteiger partial charge in [0.1, 0.15) is 0 Å². The highest BCUT2D eigenvalue weighted by molar-refractivity contribution is 5.23. The van der Waals surface area contributed by atoms with Crippen LogP contribution >= 0.6 is 0 Å². The number of rotatable bonds is 1. The Morgan fingerprint density at radius 3 is 2.67 bits per heavy atom. The number of hydrogen-bond donors (Lipinski definition) is 1. The molecule has 0 saturated heterocycles. The molecule has 1 aliphatic rings. The molecule has 1 aromatic heterocycles. The summed E-state index contributed by atoms with van der Waals surface area (Å²) in [6.07, 6.45) is 3.81. The van der Waals surface area contributed by atoms with Gasteiger partial charge in [0.2, 0.25) is 0 Å². The van der Waals surface area contributed by atoms with E-state index in [1.165, 1.54) is 5.56 Å². The van der Waals surface area contributed by atoms with Crippen molar-refractivity contribution in [2.24, 2.45) is 7.05 Å². The number of aromatic nitrogens is 2. The normalized spacial score (nSPS) is 28.6. The Kier molecular flexibility index (Phi) is 1.68. The Morgan fingerprint density at radius 2 is 2.25 bits per heavy atom. The Hall–Kier alpha value is -0.830. The molecule has 0 atom stereocenters. The number of nitrogens with zero attached hydrogens (tertiary/aromatic N) is 2. The third kappa shape index (κ3) is 1.14. The van der Waals surface area contributed by atoms with Gasteiger partial charge in [0.25, 0.3) is 0 Å². The molecule has 1 saturated carbocycles. The van der Waals surface area contributed by atoms with Gasteiger partial charge >= 0.3 is 0 Å². The summed E-state index contributed by atoms with van der Waals surface area (Å²) in [7, 11) is 1.94. The predicted molar refractivity (Wildman–Crippen MR) is 45.9 cm³/mol. The molecular formula is C9H14N2O. The van der Waals surface area contributed by atoms with Crippen molar-refractivity contribution in [1.82, 2.24) is 9.78 Å². The fourth-order valence-corrected chi connectivity index (χ4v) is 1.86. The zero-order valence-electron chi connectivity index (χ0n) is 7.49. The summed E-state index contributed by atoms with van der Waals surface area (Å²) < 4.78 is 1.84. The van der Waals surface area contributed by atoms with E-state index in [-0.39, 0.29) is 6.10 Å². The predicted octanol–water partition coefficient (Wildman–Crippen LogP) is 0.967. The van der Waals surface area contributed by atoms with E-state index in [9.17, 15) is 0 Å². The molecule has 1 aliphatic carbocycles. The second-order valence-electron chi connectivity index (χ2n) is 3.67. The van der Waals surface area contributed by atoms with Crippen LogP contribution in [0.2, 0.25) is 0 Å². The van der Waals surface area contributed by atoms with Crippen molar-refractivity contribution >= 4 is 0 Å². The fraction of sp³-hybridized carbons (Fsp3) is 0.667. The molecule has 0 amide bonds. The first-order chi connectivity index (χ1) is 5.66. The van der Waals surface area contributed by atoms with Crippen LogP contribution in [0.3, 0.4) is 0 Å². The molecule has 0 radical (unpaired) electrons. The van der Waals surface area contributed by atoms with Crippen LogP contribution in [-0.4, -0.2) is 21.0 Å². The molecule has 1 N–H and O–H groups in total. The van der Waals surface area contributed by atoms with Crippen LogP contribution in [0.1, 0.15) is 30.0 Å². The quantitative estimate of drug-likeness (QED) is 0.675. The van der Waals surface area contributed by atoms with Gasteiger partial charge in [-0.2, -0.15) is 5.10 Å². The van der Waals surface area contributed by atoms with Gasteiger partial charge in [0.15, 0.2) is 0 Å². The first kappa shape index (κ1) is 7.80. The van der Waals surface area contributed by atoms with Crippen molar-refractivity contribution in [3.05, 3.63) is 17.5 Å². The average molecular weight is 166 g/mol. The Bertz CT molecular complexity index is 287. The lowest BCUT2D eigenvalue weighted by molar-refractivity contribution is 0.0744. The summed E-state index contributed by atoms with van der Waals surface area (Å²) in [5, 5.41) is 13.4. The van der Waals surface area contributed by atoms with Gasteiger partial charge in [-0.1, -0.05) is 0 Å². The van der Waals surface area contributed by atoms with Crippen LogP contribution in [0.5, 0.6) is 0 Å². The van der Waals surface area contributed by atoms with Crippen molar-refractivity contribution in [1.29, 1.82) is 0 Å². The maximum absolute atomic E-state index is 9.15. The van der Waals surface area contributed by atoms with Crippen LogP contribution in [0, 0.1) is 6.92 Å². The van der Waals surface area contributed by atoms with Gasteiger partial charge in [0.05, 0.1) is 11.8 Å². The molecule has 3 nitrogen and oxygen atoms in total. The standard InChI is InChI=1S/C9H14N2O/c1-6-9(5-11(2)10-6)7-3-8(12)4-7/h5,7-8,12H,3-4H2,1-2H3. The van der Waals surface area contributed by atoms with E-state index >= 15 is 0 Å². The van der Waals surface area contributed by atoms with E-state index in [4.69, 9.17) is 5.11 Å². The summed E-state index contributed by atoms with van der Waals surface area (Å²) in [5.41, 5.74) is 2.41. The van der Waals surface area contributed by atoms with Crippen molar-refractivity contribution < 1.29 is 5.11 Å². The van der Waals surface area contributed by atoms with Crippen LogP contribution in [-0.2, 0) is 7.05 Å². The average Bonchev–Trinajstić information content (AvgIpc) is 2.23. The van der Waals surface area contributed by atoms with Gasteiger partial charge in [-0.3, -0.25) is 4.68 Å². The van der Waals surface area contributed by atoms with E-state index < -0.39 is 0 Å². The third-order valence-corrected chi connectivity index (χ3v) is 2.60. The lowest BCUT2D eigenvalue weighted by Gasteiger charge is -2.30. The lowest BCUT2D eigenvalue weighted by atomic mass is 9.78. The van der Waals surface area contributed by atoms with Gasteiger partial charge < -0.3 is 5.11 Å². The molecule has 1 aromatic rings. The maximum atomic E-state index is 9.15. The minimum Gasteiger partial charge on any atom is -0.393 e. The first-order valence-electron chi connectivity index (χ1n) is 4.35. The summed E-state index contributed by atoms with van der Waals surface area (Å²) in [4.78, 5) is 0. The fourth-order valence-electron chi connectivity index (χ4n) is 1.86. The van der Waals surface area contributed by atoms with Crippen LogP contribution < -0.4 is 0 Å². The van der Waals surface area contributed by atoms with Gasteiger partial charge in [-0.25, -0.2) is 0 Å². The SMILES string of the molecule is Cc1nn(C)cc1C1CC(O)C1. The zero-order chi connectivity index (χ0) is 8.72. The molecule has 0 aromatic carbocycles. The number of aliphatic hydroxyl groups excluding tert-OH is 1. The van der Waals surface area contributed by atoms with Gasteiger partial charge in [-0.05, 0) is 31.2 Å². The zero-order valence-corrected chi connectivity index (χ0v) is 7.49. The number of aryl methyl sites for hydroxylation is 2. The summed E-state index contributed by atoms with van der Waals surface area (Å²) in [6, 6.07) is 0. The molecule has 0 bridgehead atoms. The van der Waals surface area contributed by atoms with Gasteiger partial charge in [0, 0.05) is 13.2 Å². The maximum Gasteiger partial charge on any atom is 0.0628 e. The summed E-state index contributed by atoms with van der Waals surface area (Å²) in [5.74, 6) is 0.550. The van der Waals surface area contributed by atoms with Gasteiger partial charge in [-0.15, -0.1) is 0 Å². The van der Waals surface area contributed by atoms with E-state index in [1.807, 2.05) is 18.7 Å². The van der Waals surface area contributed by atoms with Crippen molar-refractivity contribution in [2.75, 3.05) is 0 Å². The van der Waals surface area contributed by atoms with E-state index in [0.29, 0.717) is 5.92 Å². The first-order valence-corrected chi connectivity index (χ1v) is 4.35. The molecule has 0 aliphatic heterocycles. The molecule has 0 spiro atoms. The minimum atomic E-state index is -0.0744. The van der Waals surface area contributed by atoms with Crippen molar-refractivity contribution in [3.63, 3.8) is 0 Å². The topological polar surface area (TPSA) is 38.0 Å². The number of hydrogen-bond acceptors (Lipinski definition) is 2. The molecule has 1 heterocycles. The second kappa shape index (κ2) is 2.59. The number of aliphatic hydroxyl groups is 1. The second-order valence-corrected chi connectivity index (χ2v) is 3.67. The van der Waals surface area contributed by atoms with Crippen molar-refractivity contribution in [2.45, 2.75) is 31.8 Å². The van der Waals surface area contributed by atoms with Crippen LogP contribution in [0.25, 0.3) is 0 Å². The Labute approximate surface area is 72.0 Å². The summed E-state index contributed by atoms with van der Waals surface area (Å²) in [6.45, 7) is 2.03.